The van der Waals surface area contributed by atoms with Crippen LogP contribution < -0.4 is 0 Å². The van der Waals surface area contributed by atoms with Crippen LogP contribution in [0, 0.1) is 0 Å². The molecule has 0 atom stereocenters. The molecule has 31 heavy (non-hydrogen) atoms. The van der Waals surface area contributed by atoms with Crippen molar-refractivity contribution < 1.29 is 31.7 Å². The molecule has 0 N–H and O–H groups in total. The van der Waals surface area contributed by atoms with Crippen LogP contribution in [0.2, 0.25) is 6.55 Å². The Bertz CT molecular complexity index is 473. The van der Waals surface area contributed by atoms with Gasteiger partial charge in [0.2, 0.25) is 0 Å². The zero-order chi connectivity index (χ0) is 24.7. The Kier molecular flexibility index (Phi) is 19.1. The Morgan fingerprint density at radius 3 is 1.29 bits per heavy atom. The van der Waals surface area contributed by atoms with Crippen LogP contribution >= 0.6 is 23.5 Å². The van der Waals surface area contributed by atoms with Crippen LogP contribution in [0.1, 0.15) is 69.2 Å². The zero-order valence-electron chi connectivity index (χ0n) is 21.2. The maximum Gasteiger partial charge on any atom is 0.512 e. The molecule has 0 bridgehead atoms. The molecule has 0 unspecified atom stereocenters. The van der Waals surface area contributed by atoms with Gasteiger partial charge in [0.25, 0.3) is 0 Å². The van der Waals surface area contributed by atoms with E-state index in [4.69, 9.17) is 22.1 Å². The number of thioether (sulfide) groups is 2. The third-order valence-electron chi connectivity index (χ3n) is 3.13. The quantitative estimate of drug-likeness (QED) is 0.297. The zero-order valence-corrected chi connectivity index (χ0v) is 24.9. The minimum Gasteiger partial charge on any atom is -0.394 e. The first kappa shape index (κ1) is 33.4. The Morgan fingerprint density at radius 2 is 1.03 bits per heavy atom. The largest absolute Gasteiger partial charge is 0.512 e. The predicted octanol–water partition coefficient (Wildman–Crippen LogP) is 4.97. The summed E-state index contributed by atoms with van der Waals surface area (Å²) < 4.78 is 28.9. The van der Waals surface area contributed by atoms with Gasteiger partial charge in [-0.2, -0.15) is 0 Å². The fourth-order valence-electron chi connectivity index (χ4n) is 2.42. The van der Waals surface area contributed by atoms with Gasteiger partial charge in [-0.3, -0.25) is 9.59 Å². The van der Waals surface area contributed by atoms with Crippen molar-refractivity contribution in [2.45, 2.75) is 94.1 Å². The number of rotatable bonds is 14. The Labute approximate surface area is 200 Å². The van der Waals surface area contributed by atoms with Gasteiger partial charge in [-0.15, -0.1) is 0 Å². The molecule has 0 aromatic carbocycles. The molecule has 0 rings (SSSR count). The van der Waals surface area contributed by atoms with Gasteiger partial charge in [0.15, 0.2) is 10.2 Å². The third-order valence-corrected chi connectivity index (χ3v) is 12.9. The molecule has 0 fully saturated rings. The lowest BCUT2D eigenvalue weighted by Gasteiger charge is -2.34. The standard InChI is InChI=1S/C12H26O4SSi.C8H18O3SSi/c1-9(2)14-18(15-10(3)4,16-11(5)6)8-17-12(7)13;1-5-10-13(4,11-6-2)7-12-8(3)9/h9-11H,8H2,1-7H3;5-7H2,1-4H3. The Balaban J connectivity index is 0. The van der Waals surface area contributed by atoms with Gasteiger partial charge >= 0.3 is 17.4 Å². The lowest BCUT2D eigenvalue weighted by molar-refractivity contribution is -0.109. The summed E-state index contributed by atoms with van der Waals surface area (Å²) >= 11 is 2.50. The van der Waals surface area contributed by atoms with E-state index in [1.165, 1.54) is 23.5 Å². The van der Waals surface area contributed by atoms with Crippen molar-refractivity contribution in [2.24, 2.45) is 0 Å². The van der Waals surface area contributed by atoms with Gasteiger partial charge in [-0.1, -0.05) is 23.5 Å². The van der Waals surface area contributed by atoms with Crippen molar-refractivity contribution >= 4 is 51.1 Å². The topological polar surface area (TPSA) is 80.3 Å². The number of carbonyl (C=O) groups is 2. The van der Waals surface area contributed by atoms with E-state index in [9.17, 15) is 9.59 Å². The summed E-state index contributed by atoms with van der Waals surface area (Å²) in [6.07, 6.45) is 0.0465. The molecule has 0 aromatic rings. The molecule has 0 aliphatic carbocycles. The number of hydrogen-bond donors (Lipinski definition) is 0. The van der Waals surface area contributed by atoms with Crippen LogP contribution in [-0.2, 0) is 31.7 Å². The molecule has 0 saturated heterocycles. The second kappa shape index (κ2) is 17.7. The van der Waals surface area contributed by atoms with Gasteiger partial charge in [-0.25, -0.2) is 0 Å². The van der Waals surface area contributed by atoms with E-state index in [1.54, 1.807) is 13.8 Å². The van der Waals surface area contributed by atoms with Crippen molar-refractivity contribution in [3.05, 3.63) is 0 Å². The van der Waals surface area contributed by atoms with Crippen LogP contribution in [0.3, 0.4) is 0 Å². The SMILES string of the molecule is CC(=O)SC[Si](OC(C)C)(OC(C)C)OC(C)C.CCO[Si](C)(CSC(C)=O)OCC. The number of carbonyl (C=O) groups excluding carboxylic acids is 2. The van der Waals surface area contributed by atoms with E-state index >= 15 is 0 Å². The van der Waals surface area contributed by atoms with Gasteiger partial charge in [0.1, 0.15) is 0 Å². The first-order chi connectivity index (χ1) is 14.2. The third kappa shape index (κ3) is 19.5. The molecular weight excluding hydrogens is 473 g/mol. The highest BCUT2D eigenvalue weighted by Gasteiger charge is 2.44. The van der Waals surface area contributed by atoms with Gasteiger partial charge < -0.3 is 22.1 Å². The van der Waals surface area contributed by atoms with E-state index in [1.807, 2.05) is 61.9 Å². The molecule has 0 aliphatic heterocycles. The lowest BCUT2D eigenvalue weighted by atomic mass is 10.5. The molecule has 0 amide bonds. The maximum absolute atomic E-state index is 11.2. The second-order valence-electron chi connectivity index (χ2n) is 7.74. The first-order valence-corrected chi connectivity index (χ1v) is 17.2. The fourth-order valence-corrected chi connectivity index (χ4v) is 10.9. The first-order valence-electron chi connectivity index (χ1n) is 10.8. The van der Waals surface area contributed by atoms with E-state index in [0.29, 0.717) is 24.0 Å². The summed E-state index contributed by atoms with van der Waals surface area (Å²) in [5.41, 5.74) is 0. The highest BCUT2D eigenvalue weighted by Crippen LogP contribution is 2.22. The van der Waals surface area contributed by atoms with Crippen LogP contribution in [-0.4, -0.2) is 69.9 Å². The summed E-state index contributed by atoms with van der Waals surface area (Å²) in [6.45, 7) is 22.0. The molecule has 7 nitrogen and oxygen atoms in total. The van der Waals surface area contributed by atoms with Crippen LogP contribution in [0.25, 0.3) is 0 Å². The molecule has 11 heteroatoms. The van der Waals surface area contributed by atoms with E-state index in [2.05, 4.69) is 0 Å². The van der Waals surface area contributed by atoms with Crippen LogP contribution in [0.4, 0.5) is 0 Å². The van der Waals surface area contributed by atoms with Crippen molar-refractivity contribution in [1.29, 1.82) is 0 Å². The molecule has 0 saturated carbocycles. The summed E-state index contributed by atoms with van der Waals surface area (Å²) in [4.78, 5) is 21.9. The summed E-state index contributed by atoms with van der Waals surface area (Å²) in [6, 6.07) is 0. The average Bonchev–Trinajstić information content (AvgIpc) is 2.57. The fraction of sp³-hybridized carbons (Fsp3) is 0.900. The molecule has 0 heterocycles. The van der Waals surface area contributed by atoms with Gasteiger partial charge in [0.05, 0.1) is 5.38 Å². The Hall–Kier alpha value is 0.274. The molecule has 186 valence electrons. The van der Waals surface area contributed by atoms with Crippen LogP contribution in [0.5, 0.6) is 0 Å². The number of hydrogen-bond acceptors (Lipinski definition) is 9. The summed E-state index contributed by atoms with van der Waals surface area (Å²) in [5.74, 6) is 0. The highest BCUT2D eigenvalue weighted by molar-refractivity contribution is 8.15. The Morgan fingerprint density at radius 1 is 0.710 bits per heavy atom. The summed E-state index contributed by atoms with van der Waals surface area (Å²) in [5, 5.41) is 1.33. The van der Waals surface area contributed by atoms with Crippen LogP contribution in [0.15, 0.2) is 0 Å². The monoisotopic (exact) mass is 516 g/mol. The molecule has 0 radical (unpaired) electrons. The minimum absolute atomic E-state index is 0.0155. The summed E-state index contributed by atoms with van der Waals surface area (Å²) in [7, 11) is -4.88. The minimum atomic E-state index is -2.81. The maximum atomic E-state index is 11.2. The average molecular weight is 517 g/mol. The lowest BCUT2D eigenvalue weighted by Crippen LogP contribution is -2.53. The second-order valence-corrected chi connectivity index (χ2v) is 16.7. The van der Waals surface area contributed by atoms with Crippen molar-refractivity contribution in [3.8, 4) is 0 Å². The van der Waals surface area contributed by atoms with Crippen molar-refractivity contribution in [2.75, 3.05) is 24.0 Å². The predicted molar refractivity (Wildman–Crippen MR) is 136 cm³/mol. The van der Waals surface area contributed by atoms with Gasteiger partial charge in [-0.05, 0) is 61.9 Å². The molecular formula is C20H44O7S2Si2. The van der Waals surface area contributed by atoms with Crippen molar-refractivity contribution in [1.82, 2.24) is 0 Å². The van der Waals surface area contributed by atoms with E-state index < -0.39 is 17.4 Å². The molecule has 0 spiro atoms. The smallest absolute Gasteiger partial charge is 0.394 e. The van der Waals surface area contributed by atoms with E-state index in [-0.39, 0.29) is 28.5 Å². The molecule has 0 aromatic heterocycles. The highest BCUT2D eigenvalue weighted by atomic mass is 32.2. The molecule has 0 aliphatic rings. The van der Waals surface area contributed by atoms with Gasteiger partial charge in [0, 0.05) is 50.7 Å². The normalized spacial score (nSPS) is 12.3. The van der Waals surface area contributed by atoms with E-state index in [0.717, 1.165) is 0 Å². The van der Waals surface area contributed by atoms with Crippen molar-refractivity contribution in [3.63, 3.8) is 0 Å².